The summed E-state index contributed by atoms with van der Waals surface area (Å²) in [7, 11) is 0. The fourth-order valence-corrected chi connectivity index (χ4v) is 3.08. The van der Waals surface area contributed by atoms with E-state index < -0.39 is 11.6 Å². The summed E-state index contributed by atoms with van der Waals surface area (Å²) in [6.45, 7) is 4.23. The standard InChI is InChI=1S/C17H24F2N2O/c1-11-5-3-4-6-16(11)21-17(22)10-20-12(2)14-8-7-13(18)9-15(14)19/h7-9,11-12,16,20H,3-6,10H2,1-2H3,(H,21,22)/p+1/t11-,12-,16+/m0/s1. The quantitative estimate of drug-likeness (QED) is 0.861. The highest BCUT2D eigenvalue weighted by Gasteiger charge is 2.23. The number of halogens is 2. The van der Waals surface area contributed by atoms with Crippen molar-refractivity contribution in [3.8, 4) is 0 Å². The monoisotopic (exact) mass is 311 g/mol. The van der Waals surface area contributed by atoms with Crippen LogP contribution in [0, 0.1) is 17.6 Å². The largest absolute Gasteiger partial charge is 0.348 e. The molecule has 0 spiro atoms. The molecule has 1 aliphatic rings. The van der Waals surface area contributed by atoms with Crippen LogP contribution in [0.25, 0.3) is 0 Å². The van der Waals surface area contributed by atoms with Crippen LogP contribution < -0.4 is 10.6 Å². The molecule has 0 saturated heterocycles. The highest BCUT2D eigenvalue weighted by Crippen LogP contribution is 2.23. The van der Waals surface area contributed by atoms with Crippen LogP contribution in [0.2, 0.25) is 0 Å². The molecule has 3 nitrogen and oxygen atoms in total. The number of carbonyl (C=O) groups is 1. The van der Waals surface area contributed by atoms with Crippen LogP contribution in [0.3, 0.4) is 0 Å². The Bertz CT molecular complexity index is 521. The van der Waals surface area contributed by atoms with Crippen LogP contribution in [0.15, 0.2) is 18.2 Å². The molecule has 0 radical (unpaired) electrons. The van der Waals surface area contributed by atoms with Gasteiger partial charge in [-0.05, 0) is 37.8 Å². The molecule has 3 atom stereocenters. The van der Waals surface area contributed by atoms with Crippen molar-refractivity contribution in [1.82, 2.24) is 5.32 Å². The van der Waals surface area contributed by atoms with Gasteiger partial charge in [-0.2, -0.15) is 0 Å². The van der Waals surface area contributed by atoms with Gasteiger partial charge in [-0.25, -0.2) is 8.78 Å². The first-order valence-corrected chi connectivity index (χ1v) is 8.05. The number of amides is 1. The van der Waals surface area contributed by atoms with Gasteiger partial charge in [-0.15, -0.1) is 0 Å². The van der Waals surface area contributed by atoms with Gasteiger partial charge in [0, 0.05) is 17.7 Å². The number of nitrogens with two attached hydrogens (primary N) is 1. The Morgan fingerprint density at radius 1 is 1.36 bits per heavy atom. The van der Waals surface area contributed by atoms with E-state index in [2.05, 4.69) is 12.2 Å². The van der Waals surface area contributed by atoms with E-state index in [1.165, 1.54) is 18.6 Å². The van der Waals surface area contributed by atoms with Crippen LogP contribution >= 0.6 is 0 Å². The Kier molecular flexibility index (Phi) is 5.89. The zero-order chi connectivity index (χ0) is 16.1. The first-order valence-electron chi connectivity index (χ1n) is 8.05. The molecule has 1 saturated carbocycles. The predicted octanol–water partition coefficient (Wildman–Crippen LogP) is 2.28. The lowest BCUT2D eigenvalue weighted by molar-refractivity contribution is -0.682. The molecule has 2 rings (SSSR count). The van der Waals surface area contributed by atoms with Gasteiger partial charge in [0.2, 0.25) is 0 Å². The molecular formula is C17H25F2N2O+. The molecule has 0 unspecified atom stereocenters. The maximum Gasteiger partial charge on any atom is 0.275 e. The van der Waals surface area contributed by atoms with Gasteiger partial charge in [0.05, 0.1) is 0 Å². The third kappa shape index (κ3) is 4.50. The van der Waals surface area contributed by atoms with Crippen LogP contribution in [0.4, 0.5) is 8.78 Å². The number of carbonyl (C=O) groups excluding carboxylic acids is 1. The topological polar surface area (TPSA) is 45.7 Å². The van der Waals surface area contributed by atoms with Gasteiger partial charge >= 0.3 is 0 Å². The number of benzene rings is 1. The van der Waals surface area contributed by atoms with E-state index in [9.17, 15) is 13.6 Å². The van der Waals surface area contributed by atoms with Gasteiger partial charge in [-0.3, -0.25) is 4.79 Å². The number of hydrogen-bond donors (Lipinski definition) is 2. The molecule has 1 aliphatic carbocycles. The van der Waals surface area contributed by atoms with Crippen molar-refractivity contribution in [2.24, 2.45) is 5.92 Å². The molecule has 0 aliphatic heterocycles. The summed E-state index contributed by atoms with van der Waals surface area (Å²) in [4.78, 5) is 12.0. The molecule has 5 heteroatoms. The Balaban J connectivity index is 1.82. The zero-order valence-corrected chi connectivity index (χ0v) is 13.2. The maximum absolute atomic E-state index is 13.7. The predicted molar refractivity (Wildman–Crippen MR) is 81.1 cm³/mol. The number of rotatable bonds is 5. The number of quaternary nitrogens is 1. The third-order valence-electron chi connectivity index (χ3n) is 4.57. The van der Waals surface area contributed by atoms with Crippen LogP contribution in [0.1, 0.15) is 51.1 Å². The first-order chi connectivity index (χ1) is 10.5. The van der Waals surface area contributed by atoms with Crippen LogP contribution in [-0.4, -0.2) is 18.5 Å². The van der Waals surface area contributed by atoms with Crippen molar-refractivity contribution >= 4 is 5.91 Å². The van der Waals surface area contributed by atoms with Crippen molar-refractivity contribution in [3.05, 3.63) is 35.4 Å². The molecule has 1 aromatic rings. The molecule has 0 heterocycles. The lowest BCUT2D eigenvalue weighted by atomic mass is 9.86. The molecule has 0 aromatic heterocycles. The lowest BCUT2D eigenvalue weighted by Crippen LogP contribution is -2.87. The van der Waals surface area contributed by atoms with Crippen molar-refractivity contribution in [3.63, 3.8) is 0 Å². The Hall–Kier alpha value is -1.49. The summed E-state index contributed by atoms with van der Waals surface area (Å²) in [5, 5.41) is 4.85. The van der Waals surface area contributed by atoms with Crippen molar-refractivity contribution in [2.45, 2.75) is 51.6 Å². The summed E-state index contributed by atoms with van der Waals surface area (Å²) < 4.78 is 26.6. The second-order valence-corrected chi connectivity index (χ2v) is 6.33. The van der Waals surface area contributed by atoms with Gasteiger partial charge in [-0.1, -0.05) is 19.8 Å². The van der Waals surface area contributed by atoms with E-state index in [4.69, 9.17) is 0 Å². The molecule has 0 bridgehead atoms. The average Bonchev–Trinajstić information content (AvgIpc) is 2.47. The summed E-state index contributed by atoms with van der Waals surface area (Å²) in [5.41, 5.74) is 0.417. The van der Waals surface area contributed by atoms with Gasteiger partial charge < -0.3 is 10.6 Å². The van der Waals surface area contributed by atoms with E-state index in [1.54, 1.807) is 5.32 Å². The summed E-state index contributed by atoms with van der Waals surface area (Å²) in [6, 6.07) is 3.59. The first kappa shape index (κ1) is 16.9. The fourth-order valence-electron chi connectivity index (χ4n) is 3.08. The zero-order valence-electron chi connectivity index (χ0n) is 13.2. The Morgan fingerprint density at radius 3 is 2.77 bits per heavy atom. The highest BCUT2D eigenvalue weighted by molar-refractivity contribution is 5.77. The average molecular weight is 311 g/mol. The molecule has 1 amide bonds. The summed E-state index contributed by atoms with van der Waals surface area (Å²) >= 11 is 0. The number of hydrogen-bond acceptors (Lipinski definition) is 1. The third-order valence-corrected chi connectivity index (χ3v) is 4.57. The minimum absolute atomic E-state index is 0.0203. The van der Waals surface area contributed by atoms with E-state index >= 15 is 0 Å². The molecule has 122 valence electrons. The Labute approximate surface area is 130 Å². The van der Waals surface area contributed by atoms with E-state index in [0.29, 0.717) is 11.5 Å². The van der Waals surface area contributed by atoms with Crippen LogP contribution in [-0.2, 0) is 4.79 Å². The van der Waals surface area contributed by atoms with E-state index in [-0.39, 0.29) is 24.5 Å². The van der Waals surface area contributed by atoms with Crippen molar-refractivity contribution in [1.29, 1.82) is 0 Å². The maximum atomic E-state index is 13.7. The summed E-state index contributed by atoms with van der Waals surface area (Å²) in [6.07, 6.45) is 4.59. The fraction of sp³-hybridized carbons (Fsp3) is 0.588. The number of nitrogens with one attached hydrogen (secondary N) is 1. The molecule has 1 fully saturated rings. The smallest absolute Gasteiger partial charge is 0.275 e. The lowest BCUT2D eigenvalue weighted by Gasteiger charge is -2.29. The van der Waals surface area contributed by atoms with Gasteiger partial charge in [0.25, 0.3) is 5.91 Å². The van der Waals surface area contributed by atoms with Gasteiger partial charge in [0.1, 0.15) is 17.7 Å². The molecule has 3 N–H and O–H groups in total. The second-order valence-electron chi connectivity index (χ2n) is 6.33. The minimum atomic E-state index is -0.586. The Morgan fingerprint density at radius 2 is 2.09 bits per heavy atom. The molecular weight excluding hydrogens is 286 g/mol. The van der Waals surface area contributed by atoms with Crippen molar-refractivity contribution in [2.75, 3.05) is 6.54 Å². The molecule has 1 aromatic carbocycles. The second kappa shape index (κ2) is 7.68. The van der Waals surface area contributed by atoms with Crippen molar-refractivity contribution < 1.29 is 18.9 Å². The van der Waals surface area contributed by atoms with Gasteiger partial charge in [0.15, 0.2) is 6.54 Å². The normalized spacial score (nSPS) is 23.1. The molecule has 22 heavy (non-hydrogen) atoms. The van der Waals surface area contributed by atoms with Crippen LogP contribution in [0.5, 0.6) is 0 Å². The SMILES string of the molecule is C[C@H]([NH2+]CC(=O)N[C@@H]1CCCC[C@@H]1C)c1ccc(F)cc1F. The highest BCUT2D eigenvalue weighted by atomic mass is 19.1. The summed E-state index contributed by atoms with van der Waals surface area (Å²) in [5.74, 6) is -0.652. The van der Waals surface area contributed by atoms with E-state index in [1.807, 2.05) is 6.92 Å². The minimum Gasteiger partial charge on any atom is -0.348 e. The van der Waals surface area contributed by atoms with E-state index in [0.717, 1.165) is 25.3 Å².